The molecule has 2 rings (SSSR count). The molecule has 0 amide bonds. The third-order valence-electron chi connectivity index (χ3n) is 8.33. The van der Waals surface area contributed by atoms with Gasteiger partial charge < -0.3 is 42.3 Å². The van der Waals surface area contributed by atoms with Crippen molar-refractivity contribution >= 4 is 23.0 Å². The summed E-state index contributed by atoms with van der Waals surface area (Å²) in [4.78, 5) is 0. The Morgan fingerprint density at radius 3 is 1.88 bits per heavy atom. The van der Waals surface area contributed by atoms with Crippen LogP contribution in [0.2, 0.25) is 0 Å². The smallest absolute Gasteiger partial charge is 0.109 e. The van der Waals surface area contributed by atoms with Gasteiger partial charge in [0.1, 0.15) is 40.1 Å². The largest absolute Gasteiger partial charge is 0.394 e. The normalized spacial score (nSPS) is 14.8. The van der Waals surface area contributed by atoms with Gasteiger partial charge in [0.15, 0.2) is 0 Å². The summed E-state index contributed by atoms with van der Waals surface area (Å²) in [6, 6.07) is 0. The highest BCUT2D eigenvalue weighted by atomic mass is 127. The summed E-state index contributed by atoms with van der Waals surface area (Å²) < 4.78 is 38.8. The zero-order chi connectivity index (χ0) is 36.7. The second-order valence-corrected chi connectivity index (χ2v) is 13.6. The molecule has 2 heterocycles. The number of aliphatic hydroxyl groups excluding tert-OH is 2. The molecule has 0 aromatic carbocycles. The van der Waals surface area contributed by atoms with Crippen LogP contribution >= 0.6 is 23.0 Å². The van der Waals surface area contributed by atoms with Gasteiger partial charge in [0, 0.05) is 24.6 Å². The van der Waals surface area contributed by atoms with Crippen molar-refractivity contribution in [2.24, 2.45) is 10.5 Å². The van der Waals surface area contributed by atoms with Crippen LogP contribution in [0.25, 0.3) is 0 Å². The molecule has 0 bridgehead atoms. The molecule has 0 aliphatic rings. The average Bonchev–Trinajstić information content (AvgIpc) is 3.76. The van der Waals surface area contributed by atoms with Gasteiger partial charge in [-0.15, -0.1) is 10.2 Å². The minimum Gasteiger partial charge on any atom is -0.394 e. The van der Waals surface area contributed by atoms with E-state index >= 15 is 0 Å². The van der Waals surface area contributed by atoms with Crippen molar-refractivity contribution in [2.45, 2.75) is 97.8 Å². The van der Waals surface area contributed by atoms with Crippen molar-refractivity contribution in [1.29, 1.82) is 5.53 Å². The van der Waals surface area contributed by atoms with Gasteiger partial charge >= 0.3 is 0 Å². The van der Waals surface area contributed by atoms with Crippen molar-refractivity contribution in [3.63, 3.8) is 0 Å². The number of aromatic nitrogens is 6. The highest BCUT2D eigenvalue weighted by molar-refractivity contribution is 14.1. The second kappa shape index (κ2) is 24.1. The lowest BCUT2D eigenvalue weighted by Crippen LogP contribution is -2.35. The summed E-state index contributed by atoms with van der Waals surface area (Å²) in [6.07, 6.45) is 8.51. The number of halogens is 1. The Balaban J connectivity index is 1.84. The van der Waals surface area contributed by atoms with Crippen molar-refractivity contribution < 1.29 is 37.0 Å². The summed E-state index contributed by atoms with van der Waals surface area (Å²) in [5.74, 6) is 0. The number of rotatable bonds is 31. The van der Waals surface area contributed by atoms with Gasteiger partial charge in [-0.1, -0.05) is 31.2 Å². The predicted molar refractivity (Wildman–Crippen MR) is 192 cm³/mol. The number of nitrogens with zero attached hydrogens (tertiary/aromatic N) is 7. The first kappa shape index (κ1) is 44.0. The van der Waals surface area contributed by atoms with E-state index in [1.54, 1.807) is 28.0 Å². The van der Waals surface area contributed by atoms with E-state index in [4.69, 9.17) is 42.5 Å². The molecule has 2 unspecified atom stereocenters. The van der Waals surface area contributed by atoms with Crippen molar-refractivity contribution in [3.8, 4) is 0 Å². The Morgan fingerprint density at radius 2 is 1.38 bits per heavy atom. The van der Waals surface area contributed by atoms with Crippen LogP contribution in [-0.2, 0) is 53.1 Å². The SMILES string of the molecule is CCC(C)(CCOI)OCCC(C)(CC)OCCN/C=C(/COCC(C)(COCc1cn(CCO)nn1)COCc1cn(CCO)nn1)N=N. The Labute approximate surface area is 309 Å². The van der Waals surface area contributed by atoms with E-state index in [1.807, 2.05) is 29.9 Å². The van der Waals surface area contributed by atoms with Crippen LogP contribution < -0.4 is 5.32 Å². The molecule has 50 heavy (non-hydrogen) atoms. The lowest BCUT2D eigenvalue weighted by Gasteiger charge is -2.33. The molecule has 17 nitrogen and oxygen atoms in total. The number of aliphatic hydroxyl groups is 2. The van der Waals surface area contributed by atoms with E-state index < -0.39 is 5.41 Å². The van der Waals surface area contributed by atoms with Crippen LogP contribution in [0.15, 0.2) is 29.4 Å². The molecule has 0 aliphatic carbocycles. The molecule has 2 aromatic heterocycles. The Hall–Kier alpha value is -2.17. The molecule has 0 saturated heterocycles. The first-order valence-electron chi connectivity index (χ1n) is 17.1. The standard InChI is InChI=1S/C32H58IN9O8/c1-6-31(4,8-15-48-32(5,7-2)9-16-50-33)49-17-10-35-18-27(36-34)21-45-24-30(3,25-46-22-28-19-41(11-13-43)39-37-28)26-47-23-29-20-42(12-14-44)40-38-29/h18-20,34-35,43-44H,6-17,21-26H2,1-5H3/b27-18-,36-34?. The van der Waals surface area contributed by atoms with Crippen LogP contribution in [0.1, 0.15) is 71.7 Å². The lowest BCUT2D eigenvalue weighted by molar-refractivity contribution is -0.0909. The molecule has 0 radical (unpaired) electrons. The maximum absolute atomic E-state index is 9.12. The molecule has 0 saturated carbocycles. The molecule has 0 fully saturated rings. The molecule has 4 N–H and O–H groups in total. The molecular formula is C32H58IN9O8. The molecule has 286 valence electrons. The maximum Gasteiger partial charge on any atom is 0.109 e. The second-order valence-electron chi connectivity index (χ2n) is 13.0. The molecule has 2 aromatic rings. The first-order valence-corrected chi connectivity index (χ1v) is 18.0. The van der Waals surface area contributed by atoms with E-state index in [0.29, 0.717) is 56.5 Å². The molecule has 0 aliphatic heterocycles. The summed E-state index contributed by atoms with van der Waals surface area (Å²) in [5, 5.41) is 41.1. The van der Waals surface area contributed by atoms with Gasteiger partial charge in [-0.05, 0) is 33.1 Å². The highest BCUT2D eigenvalue weighted by Crippen LogP contribution is 2.25. The predicted octanol–water partition coefficient (Wildman–Crippen LogP) is 3.59. The van der Waals surface area contributed by atoms with Crippen molar-refractivity contribution in [1.82, 2.24) is 35.3 Å². The third-order valence-corrected chi connectivity index (χ3v) is 8.77. The zero-order valence-electron chi connectivity index (χ0n) is 30.3. The Kier molecular flexibility index (Phi) is 21.2. The van der Waals surface area contributed by atoms with Gasteiger partial charge in [0.25, 0.3) is 0 Å². The van der Waals surface area contributed by atoms with E-state index in [-0.39, 0.29) is 64.1 Å². The summed E-state index contributed by atoms with van der Waals surface area (Å²) in [6.45, 7) is 14.8. The minimum absolute atomic E-state index is 0.0302. The van der Waals surface area contributed by atoms with Gasteiger partial charge in [-0.25, -0.2) is 14.9 Å². The van der Waals surface area contributed by atoms with Crippen LogP contribution in [0.5, 0.6) is 0 Å². The van der Waals surface area contributed by atoms with Crippen LogP contribution in [0, 0.1) is 10.9 Å². The number of nitrogens with one attached hydrogen (secondary N) is 2. The minimum atomic E-state index is -0.567. The number of hydrogen-bond donors (Lipinski definition) is 4. The van der Waals surface area contributed by atoms with E-state index in [9.17, 15) is 0 Å². The monoisotopic (exact) mass is 823 g/mol. The maximum atomic E-state index is 9.12. The summed E-state index contributed by atoms with van der Waals surface area (Å²) in [5.41, 5.74) is 8.25. The molecule has 2 atom stereocenters. The van der Waals surface area contributed by atoms with E-state index in [2.05, 4.69) is 58.8 Å². The van der Waals surface area contributed by atoms with Crippen molar-refractivity contribution in [3.05, 3.63) is 35.7 Å². The van der Waals surface area contributed by atoms with Gasteiger partial charge in [0.05, 0.1) is 109 Å². The highest BCUT2D eigenvalue weighted by Gasteiger charge is 2.28. The van der Waals surface area contributed by atoms with Gasteiger partial charge in [-0.2, -0.15) is 5.11 Å². The Morgan fingerprint density at radius 1 is 0.860 bits per heavy atom. The van der Waals surface area contributed by atoms with Crippen LogP contribution in [0.3, 0.4) is 0 Å². The lowest BCUT2D eigenvalue weighted by atomic mass is 9.94. The fourth-order valence-electron chi connectivity index (χ4n) is 4.69. The molecule has 18 heteroatoms. The molecular weight excluding hydrogens is 765 g/mol. The van der Waals surface area contributed by atoms with E-state index in [0.717, 1.165) is 25.7 Å². The first-order chi connectivity index (χ1) is 24.0. The van der Waals surface area contributed by atoms with Crippen LogP contribution in [-0.4, -0.2) is 117 Å². The van der Waals surface area contributed by atoms with Crippen LogP contribution in [0.4, 0.5) is 0 Å². The topological polar surface area (TPSA) is 205 Å². The average molecular weight is 824 g/mol. The number of ether oxygens (including phenoxy) is 5. The summed E-state index contributed by atoms with van der Waals surface area (Å²) >= 11 is 1.92. The van der Waals surface area contributed by atoms with Crippen molar-refractivity contribution in [2.75, 3.05) is 66.0 Å². The van der Waals surface area contributed by atoms with E-state index in [1.165, 1.54) is 0 Å². The number of hydrogen-bond acceptors (Lipinski definition) is 15. The third kappa shape index (κ3) is 17.4. The van der Waals surface area contributed by atoms with Gasteiger partial charge in [0.2, 0.25) is 0 Å². The fraction of sp³-hybridized carbons (Fsp3) is 0.812. The Bertz CT molecular complexity index is 1190. The zero-order valence-corrected chi connectivity index (χ0v) is 32.5. The quantitative estimate of drug-likeness (QED) is 0.0488. The molecule has 0 spiro atoms. The fourth-order valence-corrected chi connectivity index (χ4v) is 4.91. The summed E-state index contributed by atoms with van der Waals surface area (Å²) in [7, 11) is 0. The van der Waals surface area contributed by atoms with Gasteiger partial charge in [-0.3, -0.25) is 0 Å².